The molecular formula is C15H17ClN4O. The summed E-state index contributed by atoms with van der Waals surface area (Å²) < 4.78 is 0. The van der Waals surface area contributed by atoms with E-state index in [4.69, 9.17) is 11.6 Å². The first kappa shape index (κ1) is 15.3. The zero-order valence-corrected chi connectivity index (χ0v) is 12.5. The van der Waals surface area contributed by atoms with Crippen molar-refractivity contribution in [3.63, 3.8) is 0 Å². The fourth-order valence-corrected chi connectivity index (χ4v) is 1.83. The van der Waals surface area contributed by atoms with Crippen LogP contribution in [-0.2, 0) is 6.54 Å². The van der Waals surface area contributed by atoms with E-state index in [2.05, 4.69) is 20.6 Å². The molecule has 0 radical (unpaired) electrons. The number of hydrogen-bond donors (Lipinski definition) is 2. The Morgan fingerprint density at radius 2 is 2.00 bits per heavy atom. The first-order valence-electron chi connectivity index (χ1n) is 6.77. The number of benzene rings is 1. The van der Waals surface area contributed by atoms with E-state index in [0.29, 0.717) is 29.6 Å². The minimum Gasteiger partial charge on any atom is -0.366 e. The monoisotopic (exact) mass is 304 g/mol. The maximum atomic E-state index is 11.8. The van der Waals surface area contributed by atoms with Crippen LogP contribution in [0.4, 0.5) is 5.82 Å². The first-order chi connectivity index (χ1) is 10.2. The van der Waals surface area contributed by atoms with Crippen LogP contribution in [0.1, 0.15) is 29.4 Å². The van der Waals surface area contributed by atoms with Crippen LogP contribution in [0.5, 0.6) is 0 Å². The number of rotatable bonds is 6. The summed E-state index contributed by atoms with van der Waals surface area (Å²) in [6.45, 7) is 3.24. The molecule has 5 nitrogen and oxygen atoms in total. The summed E-state index contributed by atoms with van der Waals surface area (Å²) in [5.74, 6) is 0.426. The fraction of sp³-hybridized carbons (Fsp3) is 0.267. The standard InChI is InChI=1S/C15H17ClN4O/c1-2-7-17-15(21)13-8-14(20-10-19-13)18-9-11-3-5-12(16)6-4-11/h3-6,8,10H,2,7,9H2,1H3,(H,17,21)(H,18,19,20). The predicted octanol–water partition coefficient (Wildman–Crippen LogP) is 2.88. The summed E-state index contributed by atoms with van der Waals surface area (Å²) in [4.78, 5) is 19.9. The lowest BCUT2D eigenvalue weighted by Gasteiger charge is -2.07. The van der Waals surface area contributed by atoms with Gasteiger partial charge in [-0.15, -0.1) is 0 Å². The van der Waals surface area contributed by atoms with Gasteiger partial charge in [-0.3, -0.25) is 4.79 Å². The van der Waals surface area contributed by atoms with E-state index < -0.39 is 0 Å². The minimum atomic E-state index is -0.186. The van der Waals surface area contributed by atoms with Crippen molar-refractivity contribution in [2.45, 2.75) is 19.9 Å². The smallest absolute Gasteiger partial charge is 0.270 e. The van der Waals surface area contributed by atoms with Crippen LogP contribution >= 0.6 is 11.6 Å². The third-order valence-corrected chi connectivity index (χ3v) is 3.07. The summed E-state index contributed by atoms with van der Waals surface area (Å²) >= 11 is 5.84. The molecule has 0 aliphatic heterocycles. The Balaban J connectivity index is 1.97. The number of halogens is 1. The average molecular weight is 305 g/mol. The van der Waals surface area contributed by atoms with Gasteiger partial charge in [-0.05, 0) is 24.1 Å². The summed E-state index contributed by atoms with van der Waals surface area (Å²) in [6.07, 6.45) is 2.27. The number of carbonyl (C=O) groups excluding carboxylic acids is 1. The molecule has 0 aliphatic carbocycles. The Labute approximate surface area is 128 Å². The van der Waals surface area contributed by atoms with Crippen molar-refractivity contribution in [1.29, 1.82) is 0 Å². The van der Waals surface area contributed by atoms with Crippen LogP contribution in [0.15, 0.2) is 36.7 Å². The Morgan fingerprint density at radius 1 is 1.24 bits per heavy atom. The number of nitrogens with zero attached hydrogens (tertiary/aromatic N) is 2. The molecule has 0 saturated heterocycles. The molecule has 2 N–H and O–H groups in total. The molecule has 6 heteroatoms. The van der Waals surface area contributed by atoms with Gasteiger partial charge in [-0.25, -0.2) is 9.97 Å². The Hall–Kier alpha value is -2.14. The Kier molecular flexibility index (Phi) is 5.51. The Bertz CT molecular complexity index is 601. The van der Waals surface area contributed by atoms with Crippen LogP contribution < -0.4 is 10.6 Å². The zero-order valence-electron chi connectivity index (χ0n) is 11.8. The molecule has 110 valence electrons. The number of hydrogen-bond acceptors (Lipinski definition) is 4. The molecule has 0 unspecified atom stereocenters. The topological polar surface area (TPSA) is 66.9 Å². The SMILES string of the molecule is CCCNC(=O)c1cc(NCc2ccc(Cl)cc2)ncn1. The minimum absolute atomic E-state index is 0.186. The van der Waals surface area contributed by atoms with Crippen molar-refractivity contribution in [2.75, 3.05) is 11.9 Å². The lowest BCUT2D eigenvalue weighted by atomic mass is 10.2. The van der Waals surface area contributed by atoms with Crippen LogP contribution in [-0.4, -0.2) is 22.4 Å². The molecule has 0 atom stereocenters. The second kappa shape index (κ2) is 7.59. The molecule has 0 saturated carbocycles. The first-order valence-corrected chi connectivity index (χ1v) is 7.15. The summed E-state index contributed by atoms with van der Waals surface area (Å²) in [5, 5.41) is 6.65. The second-order valence-electron chi connectivity index (χ2n) is 4.52. The van der Waals surface area contributed by atoms with E-state index in [1.807, 2.05) is 31.2 Å². The van der Waals surface area contributed by atoms with E-state index in [-0.39, 0.29) is 5.91 Å². The average Bonchev–Trinajstić information content (AvgIpc) is 2.52. The molecule has 1 aromatic heterocycles. The van der Waals surface area contributed by atoms with Gasteiger partial charge in [0.25, 0.3) is 5.91 Å². The van der Waals surface area contributed by atoms with Gasteiger partial charge < -0.3 is 10.6 Å². The van der Waals surface area contributed by atoms with Gasteiger partial charge in [0.05, 0.1) is 0 Å². The van der Waals surface area contributed by atoms with Crippen LogP contribution in [0.25, 0.3) is 0 Å². The maximum absolute atomic E-state index is 11.8. The molecular weight excluding hydrogens is 288 g/mol. The highest BCUT2D eigenvalue weighted by Crippen LogP contribution is 2.11. The molecule has 2 aromatic rings. The lowest BCUT2D eigenvalue weighted by Crippen LogP contribution is -2.25. The summed E-state index contributed by atoms with van der Waals surface area (Å²) in [5.41, 5.74) is 1.44. The van der Waals surface area contributed by atoms with Crippen LogP contribution in [0, 0.1) is 0 Å². The van der Waals surface area contributed by atoms with Crippen LogP contribution in [0.2, 0.25) is 5.02 Å². The van der Waals surface area contributed by atoms with E-state index in [1.165, 1.54) is 6.33 Å². The number of nitrogens with one attached hydrogen (secondary N) is 2. The van der Waals surface area contributed by atoms with Crippen molar-refractivity contribution in [1.82, 2.24) is 15.3 Å². The number of amides is 1. The maximum Gasteiger partial charge on any atom is 0.270 e. The Morgan fingerprint density at radius 3 is 2.71 bits per heavy atom. The highest BCUT2D eigenvalue weighted by Gasteiger charge is 2.07. The molecule has 1 aromatic carbocycles. The molecule has 1 amide bonds. The number of carbonyl (C=O) groups is 1. The fourth-order valence-electron chi connectivity index (χ4n) is 1.70. The van der Waals surface area contributed by atoms with Crippen molar-refractivity contribution in [3.05, 3.63) is 52.9 Å². The third-order valence-electron chi connectivity index (χ3n) is 2.82. The van der Waals surface area contributed by atoms with E-state index in [1.54, 1.807) is 6.07 Å². The predicted molar refractivity (Wildman–Crippen MR) is 83.4 cm³/mol. The van der Waals surface area contributed by atoms with Gasteiger partial charge in [-0.2, -0.15) is 0 Å². The third kappa shape index (κ3) is 4.72. The largest absolute Gasteiger partial charge is 0.366 e. The van der Waals surface area contributed by atoms with E-state index in [9.17, 15) is 4.79 Å². The van der Waals surface area contributed by atoms with Gasteiger partial charge >= 0.3 is 0 Å². The molecule has 21 heavy (non-hydrogen) atoms. The van der Waals surface area contributed by atoms with Crippen molar-refractivity contribution in [3.8, 4) is 0 Å². The van der Waals surface area contributed by atoms with Crippen molar-refractivity contribution in [2.24, 2.45) is 0 Å². The summed E-state index contributed by atoms with van der Waals surface area (Å²) in [7, 11) is 0. The zero-order chi connectivity index (χ0) is 15.1. The van der Waals surface area contributed by atoms with Gasteiger partial charge in [0.2, 0.25) is 0 Å². The lowest BCUT2D eigenvalue weighted by molar-refractivity contribution is 0.0948. The van der Waals surface area contributed by atoms with Gasteiger partial charge in [0, 0.05) is 24.2 Å². The van der Waals surface area contributed by atoms with Crippen molar-refractivity contribution >= 4 is 23.3 Å². The number of anilines is 1. The highest BCUT2D eigenvalue weighted by atomic mass is 35.5. The van der Waals surface area contributed by atoms with E-state index >= 15 is 0 Å². The second-order valence-corrected chi connectivity index (χ2v) is 4.96. The van der Waals surface area contributed by atoms with Crippen LogP contribution in [0.3, 0.4) is 0 Å². The normalized spacial score (nSPS) is 10.2. The molecule has 0 aliphatic rings. The quantitative estimate of drug-likeness (QED) is 0.861. The van der Waals surface area contributed by atoms with Crippen molar-refractivity contribution < 1.29 is 4.79 Å². The molecule has 0 fully saturated rings. The molecule has 1 heterocycles. The number of aromatic nitrogens is 2. The van der Waals surface area contributed by atoms with E-state index in [0.717, 1.165) is 12.0 Å². The highest BCUT2D eigenvalue weighted by molar-refractivity contribution is 6.30. The van der Waals surface area contributed by atoms with Gasteiger partial charge in [0.1, 0.15) is 17.8 Å². The molecule has 2 rings (SSSR count). The molecule has 0 spiro atoms. The van der Waals surface area contributed by atoms with Gasteiger partial charge in [0.15, 0.2) is 0 Å². The molecule has 0 bridgehead atoms. The summed E-state index contributed by atoms with van der Waals surface area (Å²) in [6, 6.07) is 9.18. The van der Waals surface area contributed by atoms with Gasteiger partial charge in [-0.1, -0.05) is 30.7 Å².